The SMILES string of the molecule is CCc1ccccc1NC(=O)C(CN)Cc1ccccc1. The molecular weight excluding hydrogens is 260 g/mol. The molecule has 110 valence electrons. The molecule has 3 heteroatoms. The maximum atomic E-state index is 12.4. The summed E-state index contributed by atoms with van der Waals surface area (Å²) in [5.41, 5.74) is 8.94. The maximum absolute atomic E-state index is 12.4. The Morgan fingerprint density at radius 1 is 1.10 bits per heavy atom. The number of benzene rings is 2. The largest absolute Gasteiger partial charge is 0.330 e. The maximum Gasteiger partial charge on any atom is 0.229 e. The lowest BCUT2D eigenvalue weighted by Crippen LogP contribution is -2.31. The first-order chi connectivity index (χ1) is 10.2. The second kappa shape index (κ2) is 7.60. The van der Waals surface area contributed by atoms with Crippen LogP contribution in [0.25, 0.3) is 0 Å². The number of nitrogens with two attached hydrogens (primary N) is 1. The summed E-state index contributed by atoms with van der Waals surface area (Å²) in [6, 6.07) is 17.9. The third-order valence-electron chi connectivity index (χ3n) is 3.64. The first-order valence-electron chi connectivity index (χ1n) is 7.37. The molecule has 0 saturated carbocycles. The fourth-order valence-electron chi connectivity index (χ4n) is 2.37. The fraction of sp³-hybridized carbons (Fsp3) is 0.278. The van der Waals surface area contributed by atoms with Crippen LogP contribution in [-0.4, -0.2) is 12.5 Å². The smallest absolute Gasteiger partial charge is 0.229 e. The topological polar surface area (TPSA) is 55.1 Å². The lowest BCUT2D eigenvalue weighted by molar-refractivity contribution is -0.119. The van der Waals surface area contributed by atoms with Crippen LogP contribution in [0.2, 0.25) is 0 Å². The van der Waals surface area contributed by atoms with Crippen LogP contribution in [0.15, 0.2) is 54.6 Å². The lowest BCUT2D eigenvalue weighted by Gasteiger charge is -2.16. The first-order valence-corrected chi connectivity index (χ1v) is 7.37. The van der Waals surface area contributed by atoms with E-state index in [1.54, 1.807) is 0 Å². The van der Waals surface area contributed by atoms with Crippen LogP contribution in [-0.2, 0) is 17.6 Å². The number of amides is 1. The molecular formula is C18H22N2O. The Labute approximate surface area is 126 Å². The molecule has 0 aromatic heterocycles. The number of hydrogen-bond donors (Lipinski definition) is 2. The monoisotopic (exact) mass is 282 g/mol. The summed E-state index contributed by atoms with van der Waals surface area (Å²) in [4.78, 5) is 12.4. The van der Waals surface area contributed by atoms with Gasteiger partial charge in [-0.05, 0) is 30.0 Å². The number of carbonyl (C=O) groups excluding carboxylic acids is 1. The summed E-state index contributed by atoms with van der Waals surface area (Å²) < 4.78 is 0. The molecule has 0 aliphatic heterocycles. The van der Waals surface area contributed by atoms with E-state index in [-0.39, 0.29) is 11.8 Å². The van der Waals surface area contributed by atoms with Crippen molar-refractivity contribution in [1.29, 1.82) is 0 Å². The molecule has 0 bridgehead atoms. The zero-order valence-electron chi connectivity index (χ0n) is 12.4. The van der Waals surface area contributed by atoms with Gasteiger partial charge < -0.3 is 11.1 Å². The lowest BCUT2D eigenvalue weighted by atomic mass is 9.98. The average Bonchev–Trinajstić information content (AvgIpc) is 2.54. The van der Waals surface area contributed by atoms with Gasteiger partial charge in [-0.15, -0.1) is 0 Å². The summed E-state index contributed by atoms with van der Waals surface area (Å²) >= 11 is 0. The van der Waals surface area contributed by atoms with Crippen molar-refractivity contribution in [3.63, 3.8) is 0 Å². The van der Waals surface area contributed by atoms with Crippen LogP contribution in [0.5, 0.6) is 0 Å². The molecule has 0 fully saturated rings. The first kappa shape index (κ1) is 15.3. The second-order valence-corrected chi connectivity index (χ2v) is 5.12. The van der Waals surface area contributed by atoms with Crippen molar-refractivity contribution in [2.75, 3.05) is 11.9 Å². The zero-order chi connectivity index (χ0) is 15.1. The summed E-state index contributed by atoms with van der Waals surface area (Å²) in [7, 11) is 0. The molecule has 0 radical (unpaired) electrons. The predicted molar refractivity (Wildman–Crippen MR) is 87.1 cm³/mol. The molecule has 0 saturated heterocycles. The minimum absolute atomic E-state index is 0.0118. The molecule has 21 heavy (non-hydrogen) atoms. The van der Waals surface area contributed by atoms with Crippen molar-refractivity contribution in [1.82, 2.24) is 0 Å². The zero-order valence-corrected chi connectivity index (χ0v) is 12.4. The molecule has 1 amide bonds. The predicted octanol–water partition coefficient (Wildman–Crippen LogP) is 3.01. The molecule has 2 aromatic rings. The normalized spacial score (nSPS) is 11.9. The van der Waals surface area contributed by atoms with E-state index in [1.807, 2.05) is 54.6 Å². The second-order valence-electron chi connectivity index (χ2n) is 5.12. The molecule has 0 aliphatic carbocycles. The van der Waals surface area contributed by atoms with Gasteiger partial charge in [-0.25, -0.2) is 0 Å². The highest BCUT2D eigenvalue weighted by Crippen LogP contribution is 2.17. The van der Waals surface area contributed by atoms with E-state index in [0.717, 1.165) is 23.2 Å². The van der Waals surface area contributed by atoms with Crippen LogP contribution in [0.4, 0.5) is 5.69 Å². The van der Waals surface area contributed by atoms with Crippen LogP contribution in [0, 0.1) is 5.92 Å². The number of para-hydroxylation sites is 1. The Morgan fingerprint density at radius 2 is 1.76 bits per heavy atom. The number of rotatable bonds is 6. The van der Waals surface area contributed by atoms with Gasteiger partial charge in [-0.2, -0.15) is 0 Å². The Balaban J connectivity index is 2.06. The minimum Gasteiger partial charge on any atom is -0.330 e. The van der Waals surface area contributed by atoms with E-state index < -0.39 is 0 Å². The van der Waals surface area contributed by atoms with Crippen molar-refractivity contribution < 1.29 is 4.79 Å². The van der Waals surface area contributed by atoms with Crippen molar-refractivity contribution in [2.24, 2.45) is 11.7 Å². The molecule has 0 aliphatic rings. The van der Waals surface area contributed by atoms with Crippen molar-refractivity contribution >= 4 is 11.6 Å². The highest BCUT2D eigenvalue weighted by molar-refractivity contribution is 5.93. The van der Waals surface area contributed by atoms with E-state index in [0.29, 0.717) is 13.0 Å². The Bertz CT molecular complexity index is 581. The number of aryl methyl sites for hydroxylation is 1. The summed E-state index contributed by atoms with van der Waals surface area (Å²) in [6.07, 6.45) is 1.56. The van der Waals surface area contributed by atoms with Gasteiger partial charge in [0.2, 0.25) is 5.91 Å². The quantitative estimate of drug-likeness (QED) is 0.855. The van der Waals surface area contributed by atoms with E-state index >= 15 is 0 Å². The van der Waals surface area contributed by atoms with Crippen LogP contribution in [0.3, 0.4) is 0 Å². The average molecular weight is 282 g/mol. The highest BCUT2D eigenvalue weighted by atomic mass is 16.1. The molecule has 2 rings (SSSR count). The van der Waals surface area contributed by atoms with Gasteiger partial charge >= 0.3 is 0 Å². The molecule has 1 atom stereocenters. The van der Waals surface area contributed by atoms with Gasteiger partial charge in [0.15, 0.2) is 0 Å². The van der Waals surface area contributed by atoms with E-state index in [4.69, 9.17) is 5.73 Å². The fourth-order valence-corrected chi connectivity index (χ4v) is 2.37. The van der Waals surface area contributed by atoms with E-state index in [2.05, 4.69) is 12.2 Å². The van der Waals surface area contributed by atoms with Crippen LogP contribution >= 0.6 is 0 Å². The highest BCUT2D eigenvalue weighted by Gasteiger charge is 2.18. The Kier molecular flexibility index (Phi) is 5.52. The van der Waals surface area contributed by atoms with E-state index in [9.17, 15) is 4.79 Å². The molecule has 0 heterocycles. The van der Waals surface area contributed by atoms with Gasteiger partial charge in [-0.1, -0.05) is 55.5 Å². The standard InChI is InChI=1S/C18H22N2O/c1-2-15-10-6-7-11-17(15)20-18(21)16(13-19)12-14-8-4-3-5-9-14/h3-11,16H,2,12-13,19H2,1H3,(H,20,21). The number of nitrogens with one attached hydrogen (secondary N) is 1. The number of carbonyl (C=O) groups is 1. The number of anilines is 1. The van der Waals surface area contributed by atoms with Crippen LogP contribution < -0.4 is 11.1 Å². The molecule has 0 spiro atoms. The van der Waals surface area contributed by atoms with Crippen molar-refractivity contribution in [2.45, 2.75) is 19.8 Å². The Hall–Kier alpha value is -2.13. The van der Waals surface area contributed by atoms with Gasteiger partial charge in [0.25, 0.3) is 0 Å². The molecule has 2 aromatic carbocycles. The summed E-state index contributed by atoms with van der Waals surface area (Å²) in [6.45, 7) is 2.42. The molecule has 1 unspecified atom stereocenters. The molecule has 3 N–H and O–H groups in total. The third-order valence-corrected chi connectivity index (χ3v) is 3.64. The summed E-state index contributed by atoms with van der Waals surface area (Å²) in [5.74, 6) is -0.223. The minimum atomic E-state index is -0.211. The van der Waals surface area contributed by atoms with Crippen molar-refractivity contribution in [3.05, 3.63) is 65.7 Å². The summed E-state index contributed by atoms with van der Waals surface area (Å²) in [5, 5.41) is 3.01. The van der Waals surface area contributed by atoms with Gasteiger partial charge in [-0.3, -0.25) is 4.79 Å². The number of hydrogen-bond acceptors (Lipinski definition) is 2. The van der Waals surface area contributed by atoms with Gasteiger partial charge in [0.05, 0.1) is 5.92 Å². The van der Waals surface area contributed by atoms with Gasteiger partial charge in [0, 0.05) is 12.2 Å². The molecule has 3 nitrogen and oxygen atoms in total. The van der Waals surface area contributed by atoms with Crippen LogP contribution in [0.1, 0.15) is 18.1 Å². The van der Waals surface area contributed by atoms with Crippen molar-refractivity contribution in [3.8, 4) is 0 Å². The third kappa shape index (κ3) is 4.17. The van der Waals surface area contributed by atoms with E-state index in [1.165, 1.54) is 0 Å². The van der Waals surface area contributed by atoms with Gasteiger partial charge in [0.1, 0.15) is 0 Å². The Morgan fingerprint density at radius 3 is 2.43 bits per heavy atom.